The van der Waals surface area contributed by atoms with E-state index in [9.17, 15) is 8.42 Å². The van der Waals surface area contributed by atoms with Gasteiger partial charge in [-0.25, -0.2) is 17.2 Å². The number of aliphatic hydroxyl groups excluding tert-OH is 1. The van der Waals surface area contributed by atoms with E-state index in [1.165, 1.54) is 19.2 Å². The first-order chi connectivity index (χ1) is 19.2. The quantitative estimate of drug-likeness (QED) is 0.239. The molecule has 0 spiro atoms. The third-order valence-electron chi connectivity index (χ3n) is 6.85. The number of benzene rings is 2. The van der Waals surface area contributed by atoms with Crippen LogP contribution in [0.3, 0.4) is 0 Å². The molecule has 11 nitrogen and oxygen atoms in total. The molecule has 1 fully saturated rings. The summed E-state index contributed by atoms with van der Waals surface area (Å²) in [6.45, 7) is 2.92. The highest BCUT2D eigenvalue weighted by Crippen LogP contribution is 2.33. The van der Waals surface area contributed by atoms with Gasteiger partial charge in [0, 0.05) is 46.0 Å². The number of β-amino-alcohol motifs (C(OH)–C–C–N with tert-alkyl or cyclic N) is 1. The number of hydrogen-bond donors (Lipinski definition) is 4. The zero-order chi connectivity index (χ0) is 28.4. The van der Waals surface area contributed by atoms with E-state index in [2.05, 4.69) is 30.5 Å². The number of nitrogens with zero attached hydrogens (tertiary/aromatic N) is 5. The third-order valence-corrected chi connectivity index (χ3v) is 8.04. The topological polar surface area (TPSA) is 130 Å². The van der Waals surface area contributed by atoms with E-state index in [1.54, 1.807) is 41.4 Å². The average molecular weight is 573 g/mol. The summed E-state index contributed by atoms with van der Waals surface area (Å²) in [5.74, 6) is -1.69. The van der Waals surface area contributed by atoms with Crippen LogP contribution in [-0.4, -0.2) is 86.0 Å². The van der Waals surface area contributed by atoms with Crippen LogP contribution >= 0.6 is 0 Å². The van der Waals surface area contributed by atoms with E-state index in [4.69, 9.17) is 5.11 Å². The van der Waals surface area contributed by atoms with E-state index in [-0.39, 0.29) is 23.9 Å². The third kappa shape index (κ3) is 5.64. The molecule has 0 bridgehead atoms. The summed E-state index contributed by atoms with van der Waals surface area (Å²) in [6.07, 6.45) is 2.77. The number of halogens is 2. The number of aromatic amines is 1. The van der Waals surface area contributed by atoms with Crippen LogP contribution in [0, 0.1) is 11.6 Å². The van der Waals surface area contributed by atoms with Crippen LogP contribution in [0.4, 0.5) is 43.3 Å². The predicted octanol–water partition coefficient (Wildman–Crippen LogP) is 3.23. The summed E-state index contributed by atoms with van der Waals surface area (Å²) in [4.78, 5) is 15.7. The largest absolute Gasteiger partial charge is 0.395 e. The molecule has 212 valence electrons. The Balaban J connectivity index is 1.42. The average Bonchev–Trinajstić information content (AvgIpc) is 3.41. The summed E-state index contributed by atoms with van der Waals surface area (Å²) in [5, 5.41) is 15.7. The Hall–Kier alpha value is -4.01. The smallest absolute Gasteiger partial charge is 0.232 e. The van der Waals surface area contributed by atoms with Crippen molar-refractivity contribution < 1.29 is 22.3 Å². The van der Waals surface area contributed by atoms with Gasteiger partial charge in [0.25, 0.3) is 0 Å². The molecule has 0 aliphatic carbocycles. The van der Waals surface area contributed by atoms with Gasteiger partial charge in [-0.1, -0.05) is 12.1 Å². The molecule has 1 aliphatic heterocycles. The van der Waals surface area contributed by atoms with Gasteiger partial charge in [-0.15, -0.1) is 0 Å². The van der Waals surface area contributed by atoms with Crippen LogP contribution < -0.4 is 19.8 Å². The number of fused-ring (bicyclic) bond motifs is 1. The number of rotatable bonds is 9. The molecular weight excluding hydrogens is 542 g/mol. The van der Waals surface area contributed by atoms with Crippen molar-refractivity contribution in [2.24, 2.45) is 0 Å². The number of aliphatic hydroxyl groups is 1. The second-order valence-corrected chi connectivity index (χ2v) is 11.5. The molecule has 2 aromatic carbocycles. The number of piperazine rings is 1. The number of sulfonamides is 1. The molecule has 4 aromatic rings. The lowest BCUT2D eigenvalue weighted by molar-refractivity contribution is 0.188. The van der Waals surface area contributed by atoms with Gasteiger partial charge in [-0.2, -0.15) is 9.97 Å². The van der Waals surface area contributed by atoms with Crippen LogP contribution in [0.25, 0.3) is 11.0 Å². The van der Waals surface area contributed by atoms with Gasteiger partial charge in [0.05, 0.1) is 41.0 Å². The molecule has 0 saturated carbocycles. The first kappa shape index (κ1) is 27.6. The SMILES string of the molecule is CN(c1ccccc1Nc1nc(Nc2ccc(N3CCN(CCO)CC3)c(F)c2F)nc2[nH]ccc12)S(C)(=O)=O. The minimum atomic E-state index is -3.53. The lowest BCUT2D eigenvalue weighted by atomic mass is 10.2. The van der Waals surface area contributed by atoms with Gasteiger partial charge in [-0.3, -0.25) is 9.21 Å². The molecule has 0 amide bonds. The van der Waals surface area contributed by atoms with Crippen LogP contribution in [0.2, 0.25) is 0 Å². The molecule has 0 unspecified atom stereocenters. The first-order valence-electron chi connectivity index (χ1n) is 12.6. The molecule has 14 heteroatoms. The van der Waals surface area contributed by atoms with E-state index < -0.39 is 21.7 Å². The normalized spacial score (nSPS) is 14.5. The fraction of sp³-hybridized carbons (Fsp3) is 0.308. The molecule has 40 heavy (non-hydrogen) atoms. The maximum atomic E-state index is 15.2. The molecule has 0 radical (unpaired) electrons. The highest BCUT2D eigenvalue weighted by molar-refractivity contribution is 7.92. The highest BCUT2D eigenvalue weighted by Gasteiger charge is 2.23. The second-order valence-electron chi connectivity index (χ2n) is 9.45. The van der Waals surface area contributed by atoms with Gasteiger partial charge in [0.15, 0.2) is 11.6 Å². The van der Waals surface area contributed by atoms with E-state index in [0.717, 1.165) is 10.6 Å². The van der Waals surface area contributed by atoms with Crippen molar-refractivity contribution >= 4 is 55.6 Å². The number of nitrogens with one attached hydrogen (secondary N) is 3. The molecule has 1 saturated heterocycles. The minimum absolute atomic E-state index is 0.00932. The van der Waals surface area contributed by atoms with Crippen molar-refractivity contribution in [3.05, 3.63) is 60.3 Å². The number of H-pyrrole nitrogens is 1. The van der Waals surface area contributed by atoms with Gasteiger partial charge >= 0.3 is 0 Å². The first-order valence-corrected chi connectivity index (χ1v) is 14.5. The maximum absolute atomic E-state index is 15.2. The van der Waals surface area contributed by atoms with E-state index in [0.29, 0.717) is 60.9 Å². The maximum Gasteiger partial charge on any atom is 0.232 e. The molecule has 4 N–H and O–H groups in total. The zero-order valence-corrected chi connectivity index (χ0v) is 22.8. The summed E-state index contributed by atoms with van der Waals surface area (Å²) in [7, 11) is -2.08. The summed E-state index contributed by atoms with van der Waals surface area (Å²) < 4.78 is 55.8. The second kappa shape index (κ2) is 11.2. The predicted molar refractivity (Wildman–Crippen MR) is 152 cm³/mol. The van der Waals surface area contributed by atoms with Crippen LogP contribution in [0.15, 0.2) is 48.7 Å². The van der Waals surface area contributed by atoms with Crippen LogP contribution in [-0.2, 0) is 10.0 Å². The van der Waals surface area contributed by atoms with Crippen molar-refractivity contribution in [1.29, 1.82) is 0 Å². The van der Waals surface area contributed by atoms with Crippen LogP contribution in [0.1, 0.15) is 0 Å². The Kier molecular flexibility index (Phi) is 7.74. The molecule has 5 rings (SSSR count). The number of aromatic nitrogens is 3. The number of hydrogen-bond acceptors (Lipinski definition) is 9. The van der Waals surface area contributed by atoms with Crippen molar-refractivity contribution in [1.82, 2.24) is 19.9 Å². The molecular formula is C26H30F2N8O3S. The van der Waals surface area contributed by atoms with Crippen molar-refractivity contribution in [2.45, 2.75) is 0 Å². The lowest BCUT2D eigenvalue weighted by Crippen LogP contribution is -2.47. The number of anilines is 6. The molecule has 2 aromatic heterocycles. The van der Waals surface area contributed by atoms with Gasteiger partial charge < -0.3 is 25.6 Å². The zero-order valence-electron chi connectivity index (χ0n) is 22.0. The fourth-order valence-corrected chi connectivity index (χ4v) is 5.12. The van der Waals surface area contributed by atoms with Gasteiger partial charge in [0.2, 0.25) is 16.0 Å². The summed E-state index contributed by atoms with van der Waals surface area (Å²) in [6, 6.07) is 11.6. The molecule has 3 heterocycles. The van der Waals surface area contributed by atoms with Crippen molar-refractivity contribution in [2.75, 3.05) is 72.5 Å². The molecule has 0 atom stereocenters. The summed E-state index contributed by atoms with van der Waals surface area (Å²) >= 11 is 0. The molecule has 1 aliphatic rings. The fourth-order valence-electron chi connectivity index (χ4n) is 4.61. The Morgan fingerprint density at radius 1 is 1.00 bits per heavy atom. The lowest BCUT2D eigenvalue weighted by Gasteiger charge is -2.36. The number of para-hydroxylation sites is 2. The van der Waals surface area contributed by atoms with E-state index in [1.807, 2.05) is 0 Å². The van der Waals surface area contributed by atoms with Crippen molar-refractivity contribution in [3.8, 4) is 0 Å². The monoisotopic (exact) mass is 572 g/mol. The minimum Gasteiger partial charge on any atom is -0.395 e. The van der Waals surface area contributed by atoms with Gasteiger partial charge in [-0.05, 0) is 30.3 Å². The van der Waals surface area contributed by atoms with Gasteiger partial charge in [0.1, 0.15) is 11.5 Å². The highest BCUT2D eigenvalue weighted by atomic mass is 32.2. The standard InChI is InChI=1S/C26H30F2N8O3S/c1-34(40(2,38)39)20-6-4-3-5-18(20)30-25-17-9-10-29-24(17)32-26(33-25)31-19-7-8-21(23(28)22(19)27)36-13-11-35(12-14-36)15-16-37/h3-10,37H,11-16H2,1-2H3,(H3,29,30,31,32,33). The Morgan fingerprint density at radius 2 is 1.75 bits per heavy atom. The van der Waals surface area contributed by atoms with E-state index >= 15 is 8.78 Å². The Bertz CT molecular complexity index is 1620. The van der Waals surface area contributed by atoms with Crippen molar-refractivity contribution in [3.63, 3.8) is 0 Å². The summed E-state index contributed by atoms with van der Waals surface area (Å²) in [5.41, 5.74) is 1.36. The van der Waals surface area contributed by atoms with Crippen LogP contribution in [0.5, 0.6) is 0 Å². The Labute approximate surface area is 230 Å². The Morgan fingerprint density at radius 3 is 2.48 bits per heavy atom.